The molecule has 2 N–H and O–H groups in total. The van der Waals surface area contributed by atoms with Gasteiger partial charge in [0.05, 0.1) is 50.5 Å². The van der Waals surface area contributed by atoms with Crippen molar-refractivity contribution in [1.29, 1.82) is 0 Å². The van der Waals surface area contributed by atoms with Crippen LogP contribution in [0.4, 0.5) is 11.4 Å². The van der Waals surface area contributed by atoms with Gasteiger partial charge < -0.3 is 19.9 Å². The van der Waals surface area contributed by atoms with Crippen molar-refractivity contribution in [3.63, 3.8) is 0 Å². The second-order valence-corrected chi connectivity index (χ2v) is 7.34. The van der Waals surface area contributed by atoms with E-state index in [0.717, 1.165) is 44.0 Å². The first-order chi connectivity index (χ1) is 13.1. The van der Waals surface area contributed by atoms with Crippen LogP contribution in [0.25, 0.3) is 0 Å². The fraction of sp³-hybridized carbons (Fsp3) is 0.381. The van der Waals surface area contributed by atoms with Crippen LogP contribution in [-0.2, 0) is 0 Å². The average molecular weight is 389 g/mol. The molecule has 0 aromatic heterocycles. The summed E-state index contributed by atoms with van der Waals surface area (Å²) in [5.74, 6) is 0.610. The Hall–Kier alpha value is -2.24. The van der Waals surface area contributed by atoms with Crippen LogP contribution in [0.15, 0.2) is 42.5 Å². The third-order valence-corrected chi connectivity index (χ3v) is 5.06. The lowest BCUT2D eigenvalue weighted by atomic mass is 10.2. The number of amides is 1. The van der Waals surface area contributed by atoms with E-state index in [4.69, 9.17) is 16.3 Å². The van der Waals surface area contributed by atoms with Crippen LogP contribution in [-0.4, -0.2) is 45.7 Å². The zero-order valence-corrected chi connectivity index (χ0v) is 16.7. The van der Waals surface area contributed by atoms with Crippen molar-refractivity contribution < 1.29 is 14.4 Å². The van der Waals surface area contributed by atoms with Gasteiger partial charge >= 0.3 is 0 Å². The smallest absolute Gasteiger partial charge is 0.255 e. The molecule has 1 aliphatic heterocycles. The highest BCUT2D eigenvalue weighted by molar-refractivity contribution is 6.33. The highest BCUT2D eigenvalue weighted by Crippen LogP contribution is 2.29. The second kappa shape index (κ2) is 9.11. The predicted molar refractivity (Wildman–Crippen MR) is 110 cm³/mol. The van der Waals surface area contributed by atoms with Gasteiger partial charge in [-0.05, 0) is 48.9 Å². The minimum atomic E-state index is -0.163. The molecule has 0 atom stereocenters. The molecule has 0 bridgehead atoms. The summed E-state index contributed by atoms with van der Waals surface area (Å²) in [6.07, 6.45) is 0.953. The number of quaternary nitrogens is 1. The minimum Gasteiger partial charge on any atom is -0.494 e. The largest absolute Gasteiger partial charge is 0.494 e. The molecular weight excluding hydrogens is 362 g/mol. The van der Waals surface area contributed by atoms with E-state index in [9.17, 15) is 4.79 Å². The fourth-order valence-corrected chi connectivity index (χ4v) is 3.40. The Morgan fingerprint density at radius 3 is 2.52 bits per heavy atom. The molecule has 3 rings (SSSR count). The summed E-state index contributed by atoms with van der Waals surface area (Å²) in [4.78, 5) is 16.3. The van der Waals surface area contributed by atoms with E-state index in [1.54, 1.807) is 12.1 Å². The first-order valence-corrected chi connectivity index (χ1v) is 9.84. The summed E-state index contributed by atoms with van der Waals surface area (Å²) in [6, 6.07) is 12.9. The van der Waals surface area contributed by atoms with Gasteiger partial charge in [-0.1, -0.05) is 18.5 Å². The van der Waals surface area contributed by atoms with Gasteiger partial charge in [0.2, 0.25) is 0 Å². The molecule has 0 aliphatic carbocycles. The summed E-state index contributed by atoms with van der Waals surface area (Å²) in [5, 5.41) is 3.57. The molecule has 1 heterocycles. The lowest BCUT2D eigenvalue weighted by molar-refractivity contribution is -0.880. The van der Waals surface area contributed by atoms with Crippen molar-refractivity contribution in [3.05, 3.63) is 53.1 Å². The highest BCUT2D eigenvalue weighted by Gasteiger charge is 2.19. The van der Waals surface area contributed by atoms with Gasteiger partial charge in [-0.3, -0.25) is 4.79 Å². The van der Waals surface area contributed by atoms with Crippen molar-refractivity contribution in [3.8, 4) is 5.75 Å². The number of anilines is 2. The summed E-state index contributed by atoms with van der Waals surface area (Å²) in [7, 11) is 2.21. The Labute approximate surface area is 165 Å². The molecule has 0 radical (unpaired) electrons. The topological polar surface area (TPSA) is 46.0 Å². The van der Waals surface area contributed by atoms with Crippen molar-refractivity contribution in [2.24, 2.45) is 0 Å². The Kier molecular flexibility index (Phi) is 6.58. The molecule has 6 heteroatoms. The molecule has 2 aromatic carbocycles. The predicted octanol–water partition coefficient (Wildman–Crippen LogP) is 2.72. The minimum absolute atomic E-state index is 0.163. The van der Waals surface area contributed by atoms with Crippen LogP contribution >= 0.6 is 11.6 Å². The maximum atomic E-state index is 12.5. The van der Waals surface area contributed by atoms with E-state index in [1.807, 2.05) is 30.3 Å². The van der Waals surface area contributed by atoms with Gasteiger partial charge in [-0.2, -0.15) is 0 Å². The second-order valence-electron chi connectivity index (χ2n) is 6.94. The number of likely N-dealkylation sites (N-methyl/N-ethyl adjacent to an activating group) is 1. The van der Waals surface area contributed by atoms with Crippen molar-refractivity contribution >= 4 is 28.9 Å². The fourth-order valence-electron chi connectivity index (χ4n) is 3.10. The van der Waals surface area contributed by atoms with Crippen LogP contribution in [0.1, 0.15) is 23.7 Å². The van der Waals surface area contributed by atoms with E-state index in [0.29, 0.717) is 22.9 Å². The van der Waals surface area contributed by atoms with Gasteiger partial charge in [0, 0.05) is 11.3 Å². The monoisotopic (exact) mass is 388 g/mol. The molecule has 1 amide bonds. The molecular formula is C21H27ClN3O2+. The molecule has 27 heavy (non-hydrogen) atoms. The molecule has 144 valence electrons. The summed E-state index contributed by atoms with van der Waals surface area (Å²) in [5.41, 5.74) is 2.31. The van der Waals surface area contributed by atoms with Crippen molar-refractivity contribution in [1.82, 2.24) is 0 Å². The quantitative estimate of drug-likeness (QED) is 0.799. The van der Waals surface area contributed by atoms with Crippen LogP contribution in [0.3, 0.4) is 0 Å². The summed E-state index contributed by atoms with van der Waals surface area (Å²) >= 11 is 6.48. The maximum absolute atomic E-state index is 12.5. The zero-order valence-electron chi connectivity index (χ0n) is 15.9. The van der Waals surface area contributed by atoms with E-state index < -0.39 is 0 Å². The molecule has 1 saturated heterocycles. The van der Waals surface area contributed by atoms with E-state index in [2.05, 4.69) is 24.2 Å². The number of rotatable bonds is 6. The number of carbonyl (C=O) groups excluding carboxylic acids is 1. The Bertz CT molecular complexity index is 771. The number of benzene rings is 2. The van der Waals surface area contributed by atoms with E-state index in [-0.39, 0.29) is 5.91 Å². The normalized spacial score (nSPS) is 14.9. The number of carbonyl (C=O) groups is 1. The lowest BCUT2D eigenvalue weighted by Crippen LogP contribution is -3.12. The molecule has 1 aliphatic rings. The van der Waals surface area contributed by atoms with Crippen LogP contribution in [0.5, 0.6) is 5.75 Å². The Morgan fingerprint density at radius 2 is 1.89 bits per heavy atom. The van der Waals surface area contributed by atoms with Crippen LogP contribution in [0.2, 0.25) is 5.02 Å². The summed E-state index contributed by atoms with van der Waals surface area (Å²) in [6.45, 7) is 6.92. The standard InChI is InChI=1S/C21H26ClN3O2/c1-3-14-27-18-7-4-16(5-8-18)21(26)23-17-6-9-20(19(22)15-17)25-12-10-24(2)11-13-25/h4-9,15H,3,10-14H2,1-2H3,(H,23,26)/p+1. The number of halogens is 1. The van der Waals surface area contributed by atoms with Gasteiger partial charge in [0.25, 0.3) is 5.91 Å². The third kappa shape index (κ3) is 5.15. The van der Waals surface area contributed by atoms with Gasteiger partial charge in [-0.25, -0.2) is 0 Å². The van der Waals surface area contributed by atoms with Gasteiger partial charge in [0.15, 0.2) is 0 Å². The average Bonchev–Trinajstić information content (AvgIpc) is 2.68. The number of piperazine rings is 1. The Morgan fingerprint density at radius 1 is 1.19 bits per heavy atom. The molecule has 0 spiro atoms. The SMILES string of the molecule is CCCOc1ccc(C(=O)Nc2ccc(N3CC[NH+](C)CC3)c(Cl)c2)cc1. The van der Waals surface area contributed by atoms with E-state index in [1.165, 1.54) is 4.90 Å². The number of hydrogen-bond acceptors (Lipinski definition) is 3. The first kappa shape index (κ1) is 19.5. The number of ether oxygens (including phenoxy) is 1. The molecule has 0 unspecified atom stereocenters. The summed E-state index contributed by atoms with van der Waals surface area (Å²) < 4.78 is 5.55. The first-order valence-electron chi connectivity index (χ1n) is 9.47. The van der Waals surface area contributed by atoms with E-state index >= 15 is 0 Å². The molecule has 1 fully saturated rings. The Balaban J connectivity index is 1.63. The van der Waals surface area contributed by atoms with Crippen molar-refractivity contribution in [2.75, 3.05) is 50.1 Å². The number of nitrogens with zero attached hydrogens (tertiary/aromatic N) is 1. The van der Waals surface area contributed by atoms with Crippen LogP contribution < -0.4 is 19.9 Å². The lowest BCUT2D eigenvalue weighted by Gasteiger charge is -2.32. The van der Waals surface area contributed by atoms with Gasteiger partial charge in [0.1, 0.15) is 5.75 Å². The van der Waals surface area contributed by atoms with Crippen LogP contribution in [0, 0.1) is 0 Å². The van der Waals surface area contributed by atoms with Gasteiger partial charge in [-0.15, -0.1) is 0 Å². The molecule has 2 aromatic rings. The zero-order chi connectivity index (χ0) is 19.2. The maximum Gasteiger partial charge on any atom is 0.255 e. The molecule has 5 nitrogen and oxygen atoms in total. The number of nitrogens with one attached hydrogen (secondary N) is 2. The molecule has 0 saturated carbocycles. The third-order valence-electron chi connectivity index (χ3n) is 4.75. The highest BCUT2D eigenvalue weighted by atomic mass is 35.5. The van der Waals surface area contributed by atoms with Crippen molar-refractivity contribution in [2.45, 2.75) is 13.3 Å². The number of hydrogen-bond donors (Lipinski definition) is 2.